The van der Waals surface area contributed by atoms with E-state index >= 15 is 0 Å². The number of nitrogens with one attached hydrogen (secondary N) is 1. The smallest absolute Gasteiger partial charge is 0.271 e. The van der Waals surface area contributed by atoms with Crippen LogP contribution in [-0.2, 0) is 9.59 Å². The Bertz CT molecular complexity index is 878. The monoisotopic (exact) mass is 371 g/mol. The van der Waals surface area contributed by atoms with Gasteiger partial charge in [-0.05, 0) is 37.3 Å². The molecular formula is C19H18ClN3O3. The highest BCUT2D eigenvalue weighted by atomic mass is 35.5. The topological polar surface area (TPSA) is 71.0 Å². The summed E-state index contributed by atoms with van der Waals surface area (Å²) < 4.78 is 5.09. The van der Waals surface area contributed by atoms with Crippen LogP contribution in [0.3, 0.4) is 0 Å². The van der Waals surface area contributed by atoms with Crippen molar-refractivity contribution in [2.24, 2.45) is 5.10 Å². The van der Waals surface area contributed by atoms with Crippen molar-refractivity contribution in [3.05, 3.63) is 53.1 Å². The van der Waals surface area contributed by atoms with Crippen LogP contribution in [0, 0.1) is 6.92 Å². The number of hydrogen-bond donors (Lipinski definition) is 1. The first-order valence-corrected chi connectivity index (χ1v) is 8.47. The molecule has 134 valence electrons. The summed E-state index contributed by atoms with van der Waals surface area (Å²) in [6, 6.07) is 12.4. The zero-order valence-electron chi connectivity index (χ0n) is 14.5. The van der Waals surface area contributed by atoms with Crippen molar-refractivity contribution in [3.8, 4) is 5.75 Å². The van der Waals surface area contributed by atoms with Crippen molar-refractivity contribution in [1.29, 1.82) is 0 Å². The van der Waals surface area contributed by atoms with E-state index in [0.29, 0.717) is 22.1 Å². The summed E-state index contributed by atoms with van der Waals surface area (Å²) in [6.45, 7) is 1.96. The quantitative estimate of drug-likeness (QED) is 0.889. The lowest BCUT2D eigenvalue weighted by atomic mass is 10.1. The Morgan fingerprint density at radius 1 is 1.19 bits per heavy atom. The van der Waals surface area contributed by atoms with E-state index in [-0.39, 0.29) is 30.4 Å². The molecule has 1 aliphatic rings. The molecule has 0 saturated heterocycles. The van der Waals surface area contributed by atoms with E-state index < -0.39 is 0 Å². The second-order valence-corrected chi connectivity index (χ2v) is 6.30. The summed E-state index contributed by atoms with van der Waals surface area (Å²) in [5.74, 6) is 0.0181. The molecule has 3 rings (SSSR count). The third-order valence-electron chi connectivity index (χ3n) is 3.98. The highest BCUT2D eigenvalue weighted by molar-refractivity contribution is 6.44. The fourth-order valence-corrected chi connectivity index (χ4v) is 2.81. The van der Waals surface area contributed by atoms with Crippen molar-refractivity contribution in [3.63, 3.8) is 0 Å². The molecule has 0 aromatic heterocycles. The van der Waals surface area contributed by atoms with Crippen LogP contribution >= 0.6 is 11.6 Å². The number of methoxy groups -OCH3 is 1. The molecule has 1 heterocycles. The lowest BCUT2D eigenvalue weighted by Crippen LogP contribution is -2.36. The van der Waals surface area contributed by atoms with Gasteiger partial charge in [-0.2, -0.15) is 5.10 Å². The minimum Gasteiger partial charge on any atom is -0.495 e. The molecule has 0 atom stereocenters. The molecule has 0 bridgehead atoms. The lowest BCUT2D eigenvalue weighted by molar-refractivity contribution is -0.118. The number of amides is 2. The molecule has 0 spiro atoms. The van der Waals surface area contributed by atoms with Crippen molar-refractivity contribution < 1.29 is 14.3 Å². The van der Waals surface area contributed by atoms with Gasteiger partial charge in [-0.25, -0.2) is 5.01 Å². The van der Waals surface area contributed by atoms with Gasteiger partial charge < -0.3 is 10.1 Å². The molecule has 2 amide bonds. The molecule has 2 aromatic rings. The molecule has 1 N–H and O–H groups in total. The van der Waals surface area contributed by atoms with Gasteiger partial charge in [0.15, 0.2) is 0 Å². The number of nitrogens with zero attached hydrogens (tertiary/aromatic N) is 2. The Kier molecular flexibility index (Phi) is 5.23. The zero-order valence-corrected chi connectivity index (χ0v) is 15.2. The van der Waals surface area contributed by atoms with E-state index in [1.54, 1.807) is 30.3 Å². The van der Waals surface area contributed by atoms with Gasteiger partial charge in [0.1, 0.15) is 11.5 Å². The molecule has 0 unspecified atom stereocenters. The van der Waals surface area contributed by atoms with Gasteiger partial charge in [-0.3, -0.25) is 9.59 Å². The third kappa shape index (κ3) is 3.86. The maximum absolute atomic E-state index is 12.5. The molecule has 26 heavy (non-hydrogen) atoms. The predicted molar refractivity (Wildman–Crippen MR) is 102 cm³/mol. The van der Waals surface area contributed by atoms with Crippen LogP contribution in [0.15, 0.2) is 47.6 Å². The van der Waals surface area contributed by atoms with Gasteiger partial charge in [0, 0.05) is 18.5 Å². The molecule has 6 nitrogen and oxygen atoms in total. The largest absolute Gasteiger partial charge is 0.495 e. The summed E-state index contributed by atoms with van der Waals surface area (Å²) in [7, 11) is 1.52. The predicted octanol–water partition coefficient (Wildman–Crippen LogP) is 3.78. The van der Waals surface area contributed by atoms with E-state index in [4.69, 9.17) is 16.3 Å². The molecule has 0 aliphatic carbocycles. The summed E-state index contributed by atoms with van der Waals surface area (Å²) in [6.07, 6.45) is 0.514. The maximum atomic E-state index is 12.5. The SMILES string of the molecule is COc1ccc(NC(=O)C2=NN(c3ccc(C)cc3)C(=O)CC2)cc1Cl. The number of anilines is 2. The number of ether oxygens (including phenoxy) is 1. The van der Waals surface area contributed by atoms with E-state index in [1.165, 1.54) is 12.1 Å². The second kappa shape index (κ2) is 7.58. The van der Waals surface area contributed by atoms with Gasteiger partial charge in [0.25, 0.3) is 5.91 Å². The fraction of sp³-hybridized carbons (Fsp3) is 0.211. The Hall–Kier alpha value is -2.86. The highest BCUT2D eigenvalue weighted by Gasteiger charge is 2.25. The summed E-state index contributed by atoms with van der Waals surface area (Å²) in [5, 5.41) is 8.67. The zero-order chi connectivity index (χ0) is 18.7. The normalized spacial score (nSPS) is 14.0. The van der Waals surface area contributed by atoms with E-state index in [0.717, 1.165) is 5.56 Å². The fourth-order valence-electron chi connectivity index (χ4n) is 2.55. The number of carbonyl (C=O) groups is 2. The first-order chi connectivity index (χ1) is 12.5. The van der Waals surface area contributed by atoms with E-state index in [2.05, 4.69) is 10.4 Å². The number of rotatable bonds is 4. The van der Waals surface area contributed by atoms with E-state index in [1.807, 2.05) is 19.1 Å². The minimum atomic E-state index is -0.365. The van der Waals surface area contributed by atoms with Crippen LogP contribution in [0.25, 0.3) is 0 Å². The third-order valence-corrected chi connectivity index (χ3v) is 4.28. The van der Waals surface area contributed by atoms with Crippen LogP contribution < -0.4 is 15.1 Å². The van der Waals surface area contributed by atoms with Gasteiger partial charge in [0.05, 0.1) is 17.8 Å². The number of hydrazone groups is 1. The molecule has 0 radical (unpaired) electrons. The highest BCUT2D eigenvalue weighted by Crippen LogP contribution is 2.27. The number of hydrogen-bond acceptors (Lipinski definition) is 4. The van der Waals surface area contributed by atoms with Crippen LogP contribution in [0.4, 0.5) is 11.4 Å². The summed E-state index contributed by atoms with van der Waals surface area (Å²) >= 11 is 6.07. The Labute approximate surface area is 156 Å². The molecule has 2 aromatic carbocycles. The molecule has 0 fully saturated rings. The molecule has 0 saturated carbocycles. The number of benzene rings is 2. The van der Waals surface area contributed by atoms with Crippen molar-refractivity contribution >= 4 is 40.5 Å². The molecule has 1 aliphatic heterocycles. The van der Waals surface area contributed by atoms with Crippen LogP contribution in [-0.4, -0.2) is 24.6 Å². The van der Waals surface area contributed by atoms with Gasteiger partial charge in [-0.1, -0.05) is 29.3 Å². The van der Waals surface area contributed by atoms with Gasteiger partial charge in [-0.15, -0.1) is 0 Å². The lowest BCUT2D eigenvalue weighted by Gasteiger charge is -2.23. The Morgan fingerprint density at radius 3 is 2.58 bits per heavy atom. The first kappa shape index (κ1) is 17.9. The van der Waals surface area contributed by atoms with Gasteiger partial charge in [0.2, 0.25) is 5.91 Å². The Morgan fingerprint density at radius 2 is 1.92 bits per heavy atom. The first-order valence-electron chi connectivity index (χ1n) is 8.10. The summed E-state index contributed by atoms with van der Waals surface area (Å²) in [5.41, 5.74) is 2.54. The van der Waals surface area contributed by atoms with Crippen LogP contribution in [0.2, 0.25) is 5.02 Å². The van der Waals surface area contributed by atoms with E-state index in [9.17, 15) is 9.59 Å². The van der Waals surface area contributed by atoms with Crippen molar-refractivity contribution in [1.82, 2.24) is 0 Å². The average Bonchev–Trinajstić information content (AvgIpc) is 2.63. The van der Waals surface area contributed by atoms with Crippen molar-refractivity contribution in [2.45, 2.75) is 19.8 Å². The maximum Gasteiger partial charge on any atom is 0.271 e. The summed E-state index contributed by atoms with van der Waals surface area (Å²) in [4.78, 5) is 24.7. The average molecular weight is 372 g/mol. The molecular weight excluding hydrogens is 354 g/mol. The van der Waals surface area contributed by atoms with Gasteiger partial charge >= 0.3 is 0 Å². The second-order valence-electron chi connectivity index (χ2n) is 5.89. The molecule has 7 heteroatoms. The Balaban J connectivity index is 1.80. The number of aryl methyl sites for hydroxylation is 1. The standard InChI is InChI=1S/C19H18ClN3O3/c1-12-3-6-14(7-4-12)23-18(24)10-8-16(22-23)19(25)21-13-5-9-17(26-2)15(20)11-13/h3-7,9,11H,8,10H2,1-2H3,(H,21,25). The van der Waals surface area contributed by atoms with Crippen LogP contribution in [0.1, 0.15) is 18.4 Å². The number of carbonyl (C=O) groups excluding carboxylic acids is 2. The van der Waals surface area contributed by atoms with Crippen LogP contribution in [0.5, 0.6) is 5.75 Å². The minimum absolute atomic E-state index is 0.141. The van der Waals surface area contributed by atoms with Crippen molar-refractivity contribution in [2.75, 3.05) is 17.4 Å². The number of halogens is 1.